The summed E-state index contributed by atoms with van der Waals surface area (Å²) < 4.78 is 18.8. The van der Waals surface area contributed by atoms with Crippen molar-refractivity contribution in [3.8, 4) is 11.5 Å². The molecule has 0 aromatic heterocycles. The van der Waals surface area contributed by atoms with Crippen LogP contribution in [0, 0.1) is 5.82 Å². The molecule has 0 fully saturated rings. The van der Waals surface area contributed by atoms with Gasteiger partial charge in [-0.3, -0.25) is 0 Å². The number of alkyl halides is 1. The normalized spacial score (nSPS) is 10.4. The largest absolute Gasteiger partial charge is 0.456 e. The van der Waals surface area contributed by atoms with Crippen molar-refractivity contribution in [1.29, 1.82) is 0 Å². The van der Waals surface area contributed by atoms with Gasteiger partial charge in [0.05, 0.1) is 5.02 Å². The fourth-order valence-electron chi connectivity index (χ4n) is 1.44. The first-order chi connectivity index (χ1) is 8.58. The van der Waals surface area contributed by atoms with E-state index < -0.39 is 5.82 Å². The molecule has 0 N–H and O–H groups in total. The number of ether oxygens (including phenoxy) is 1. The SMILES string of the molecule is Fc1cc(CCl)cc(Oc2cc(Cl)ccc2Cl)c1. The summed E-state index contributed by atoms with van der Waals surface area (Å²) in [7, 11) is 0. The molecular weight excluding hydrogens is 297 g/mol. The highest BCUT2D eigenvalue weighted by Crippen LogP contribution is 2.32. The van der Waals surface area contributed by atoms with Crippen LogP contribution in [0.15, 0.2) is 36.4 Å². The van der Waals surface area contributed by atoms with E-state index >= 15 is 0 Å². The van der Waals surface area contributed by atoms with Gasteiger partial charge < -0.3 is 4.74 Å². The monoisotopic (exact) mass is 304 g/mol. The summed E-state index contributed by atoms with van der Waals surface area (Å²) in [5.74, 6) is 0.489. The highest BCUT2D eigenvalue weighted by atomic mass is 35.5. The molecule has 0 saturated heterocycles. The van der Waals surface area contributed by atoms with Crippen molar-refractivity contribution in [1.82, 2.24) is 0 Å². The zero-order chi connectivity index (χ0) is 13.1. The lowest BCUT2D eigenvalue weighted by molar-refractivity contribution is 0.476. The van der Waals surface area contributed by atoms with Crippen molar-refractivity contribution in [3.63, 3.8) is 0 Å². The molecule has 94 valence electrons. The van der Waals surface area contributed by atoms with Crippen molar-refractivity contribution in [2.24, 2.45) is 0 Å². The molecule has 0 aliphatic carbocycles. The number of benzene rings is 2. The van der Waals surface area contributed by atoms with Crippen LogP contribution in [0.4, 0.5) is 4.39 Å². The molecule has 2 rings (SSSR count). The number of hydrogen-bond donors (Lipinski definition) is 0. The number of hydrogen-bond acceptors (Lipinski definition) is 1. The zero-order valence-electron chi connectivity index (χ0n) is 9.09. The molecule has 0 amide bonds. The predicted molar refractivity (Wildman–Crippen MR) is 72.5 cm³/mol. The van der Waals surface area contributed by atoms with E-state index in [2.05, 4.69) is 0 Å². The van der Waals surface area contributed by atoms with E-state index in [0.29, 0.717) is 27.1 Å². The Morgan fingerprint density at radius 2 is 1.83 bits per heavy atom. The number of halogens is 4. The van der Waals surface area contributed by atoms with E-state index in [9.17, 15) is 4.39 Å². The second-order valence-electron chi connectivity index (χ2n) is 3.61. The molecule has 0 aliphatic rings. The average molecular weight is 306 g/mol. The molecule has 0 atom stereocenters. The number of rotatable bonds is 3. The van der Waals surface area contributed by atoms with Gasteiger partial charge in [0.1, 0.15) is 17.3 Å². The molecular formula is C13H8Cl3FO. The molecule has 2 aromatic carbocycles. The Hall–Kier alpha value is -0.960. The smallest absolute Gasteiger partial charge is 0.147 e. The van der Waals surface area contributed by atoms with Crippen LogP contribution in [0.2, 0.25) is 10.0 Å². The third kappa shape index (κ3) is 3.29. The van der Waals surface area contributed by atoms with E-state index in [-0.39, 0.29) is 5.88 Å². The van der Waals surface area contributed by atoms with Crippen LogP contribution in [-0.4, -0.2) is 0 Å². The molecule has 0 radical (unpaired) electrons. The first kappa shape index (κ1) is 13.5. The molecule has 0 saturated carbocycles. The molecule has 0 heterocycles. The molecule has 0 aliphatic heterocycles. The minimum Gasteiger partial charge on any atom is -0.456 e. The van der Waals surface area contributed by atoms with Crippen LogP contribution in [0.5, 0.6) is 11.5 Å². The lowest BCUT2D eigenvalue weighted by Gasteiger charge is -2.09. The standard InChI is InChI=1S/C13H8Cl3FO/c14-7-8-3-10(17)6-11(4-8)18-13-5-9(15)1-2-12(13)16/h1-6H,7H2. The van der Waals surface area contributed by atoms with E-state index in [1.807, 2.05) is 0 Å². The summed E-state index contributed by atoms with van der Waals surface area (Å²) in [5, 5.41) is 0.888. The van der Waals surface area contributed by atoms with Gasteiger partial charge in [-0.15, -0.1) is 11.6 Å². The summed E-state index contributed by atoms with van der Waals surface area (Å²) in [6, 6.07) is 9.07. The molecule has 0 bridgehead atoms. The van der Waals surface area contributed by atoms with Crippen molar-refractivity contribution in [2.45, 2.75) is 5.88 Å². The summed E-state index contributed by atoms with van der Waals surface area (Å²) in [5.41, 5.74) is 0.629. The predicted octanol–water partition coefficient (Wildman–Crippen LogP) is 5.66. The zero-order valence-corrected chi connectivity index (χ0v) is 11.4. The van der Waals surface area contributed by atoms with Crippen LogP contribution in [0.3, 0.4) is 0 Å². The summed E-state index contributed by atoms with van der Waals surface area (Å²) in [4.78, 5) is 0. The highest BCUT2D eigenvalue weighted by molar-refractivity contribution is 6.34. The Morgan fingerprint density at radius 1 is 1.06 bits per heavy atom. The van der Waals surface area contributed by atoms with Crippen LogP contribution < -0.4 is 4.74 Å². The van der Waals surface area contributed by atoms with Gasteiger partial charge in [-0.25, -0.2) is 4.39 Å². The quantitative estimate of drug-likeness (QED) is 0.664. The topological polar surface area (TPSA) is 9.23 Å². The van der Waals surface area contributed by atoms with E-state index in [1.54, 1.807) is 24.3 Å². The Labute approximate surface area is 119 Å². The van der Waals surface area contributed by atoms with Gasteiger partial charge in [-0.05, 0) is 29.8 Å². The summed E-state index contributed by atoms with van der Waals surface area (Å²) in [6.07, 6.45) is 0. The van der Waals surface area contributed by atoms with E-state index in [0.717, 1.165) is 0 Å². The maximum atomic E-state index is 13.3. The van der Waals surface area contributed by atoms with Crippen LogP contribution >= 0.6 is 34.8 Å². The summed E-state index contributed by atoms with van der Waals surface area (Å²) >= 11 is 17.5. The van der Waals surface area contributed by atoms with Crippen molar-refractivity contribution in [2.75, 3.05) is 0 Å². The Morgan fingerprint density at radius 3 is 2.56 bits per heavy atom. The molecule has 2 aromatic rings. The lowest BCUT2D eigenvalue weighted by Crippen LogP contribution is -1.89. The first-order valence-corrected chi connectivity index (χ1v) is 6.36. The van der Waals surface area contributed by atoms with Crippen LogP contribution in [0.1, 0.15) is 5.56 Å². The minimum atomic E-state index is -0.415. The third-order valence-electron chi connectivity index (χ3n) is 2.21. The molecule has 1 nitrogen and oxygen atoms in total. The second kappa shape index (κ2) is 5.79. The molecule has 18 heavy (non-hydrogen) atoms. The van der Waals surface area contributed by atoms with Gasteiger partial charge >= 0.3 is 0 Å². The van der Waals surface area contributed by atoms with E-state index in [1.165, 1.54) is 12.1 Å². The second-order valence-corrected chi connectivity index (χ2v) is 4.72. The summed E-state index contributed by atoms with van der Waals surface area (Å²) in [6.45, 7) is 0. The fourth-order valence-corrected chi connectivity index (χ4v) is 1.91. The van der Waals surface area contributed by atoms with Gasteiger partial charge in [0.2, 0.25) is 0 Å². The molecule has 5 heteroatoms. The maximum absolute atomic E-state index is 13.3. The van der Waals surface area contributed by atoms with Crippen LogP contribution in [-0.2, 0) is 5.88 Å². The first-order valence-electron chi connectivity index (χ1n) is 5.07. The fraction of sp³-hybridized carbons (Fsp3) is 0.0769. The van der Waals surface area contributed by atoms with Crippen molar-refractivity contribution in [3.05, 3.63) is 57.8 Å². The Kier molecular flexibility index (Phi) is 4.33. The van der Waals surface area contributed by atoms with Gasteiger partial charge in [-0.1, -0.05) is 23.2 Å². The average Bonchev–Trinajstić information content (AvgIpc) is 2.33. The maximum Gasteiger partial charge on any atom is 0.147 e. The van der Waals surface area contributed by atoms with Crippen molar-refractivity contribution < 1.29 is 9.13 Å². The third-order valence-corrected chi connectivity index (χ3v) is 3.06. The molecule has 0 spiro atoms. The van der Waals surface area contributed by atoms with Crippen molar-refractivity contribution >= 4 is 34.8 Å². The Balaban J connectivity index is 2.33. The van der Waals surface area contributed by atoms with Gasteiger partial charge in [-0.2, -0.15) is 0 Å². The van der Waals surface area contributed by atoms with Gasteiger partial charge in [0.25, 0.3) is 0 Å². The highest BCUT2D eigenvalue weighted by Gasteiger charge is 2.06. The Bertz CT molecular complexity index is 572. The van der Waals surface area contributed by atoms with Gasteiger partial charge in [0, 0.05) is 23.0 Å². The van der Waals surface area contributed by atoms with Gasteiger partial charge in [0.15, 0.2) is 0 Å². The van der Waals surface area contributed by atoms with E-state index in [4.69, 9.17) is 39.5 Å². The molecule has 0 unspecified atom stereocenters. The minimum absolute atomic E-state index is 0.206. The lowest BCUT2D eigenvalue weighted by atomic mass is 10.2. The van der Waals surface area contributed by atoms with Crippen LogP contribution in [0.25, 0.3) is 0 Å².